The summed E-state index contributed by atoms with van der Waals surface area (Å²) in [6, 6.07) is 21.1. The summed E-state index contributed by atoms with van der Waals surface area (Å²) in [6.45, 7) is 6.75. The van der Waals surface area contributed by atoms with Crippen molar-refractivity contribution in [2.75, 3.05) is 13.1 Å². The summed E-state index contributed by atoms with van der Waals surface area (Å²) in [7, 11) is 0. The van der Waals surface area contributed by atoms with Crippen molar-refractivity contribution in [3.8, 4) is 16.3 Å². The standard InChI is InChI=1S/C30H30N4O3S/c1-20-11-13-23(14-12-20)29(35)31-26(30(36)33-17-21(2)37-22(3)18-33)16-24-19-34(25-8-5-4-6-9-25)32-28(24)27-10-7-15-38-27/h4-16,19,21-22H,17-18H2,1-3H3,(H,31,35)/b26-16-. The number of amides is 2. The number of benzene rings is 2. The van der Waals surface area contributed by atoms with E-state index < -0.39 is 0 Å². The van der Waals surface area contributed by atoms with Crippen molar-refractivity contribution in [1.82, 2.24) is 20.0 Å². The van der Waals surface area contributed by atoms with Gasteiger partial charge in [0.2, 0.25) is 0 Å². The van der Waals surface area contributed by atoms with Gasteiger partial charge >= 0.3 is 0 Å². The molecule has 8 heteroatoms. The third-order valence-electron chi connectivity index (χ3n) is 6.32. The summed E-state index contributed by atoms with van der Waals surface area (Å²) in [5.41, 5.74) is 4.11. The Labute approximate surface area is 226 Å². The van der Waals surface area contributed by atoms with E-state index in [-0.39, 0.29) is 29.7 Å². The maximum absolute atomic E-state index is 13.9. The molecular formula is C30H30N4O3S. The van der Waals surface area contributed by atoms with E-state index in [0.29, 0.717) is 18.7 Å². The molecule has 1 aliphatic rings. The van der Waals surface area contributed by atoms with E-state index in [0.717, 1.165) is 27.4 Å². The number of hydrogen-bond acceptors (Lipinski definition) is 5. The average Bonchev–Trinajstić information content (AvgIpc) is 3.58. The van der Waals surface area contributed by atoms with Crippen LogP contribution >= 0.6 is 11.3 Å². The second-order valence-electron chi connectivity index (χ2n) is 9.54. The van der Waals surface area contributed by atoms with Crippen molar-refractivity contribution in [3.63, 3.8) is 0 Å². The highest BCUT2D eigenvalue weighted by molar-refractivity contribution is 7.13. The van der Waals surface area contributed by atoms with Crippen LogP contribution in [0.25, 0.3) is 22.3 Å². The number of carbonyl (C=O) groups is 2. The second kappa shape index (κ2) is 11.2. The highest BCUT2D eigenvalue weighted by Crippen LogP contribution is 2.29. The van der Waals surface area contributed by atoms with Crippen LogP contribution in [-0.2, 0) is 9.53 Å². The van der Waals surface area contributed by atoms with Gasteiger partial charge in [-0.2, -0.15) is 5.10 Å². The van der Waals surface area contributed by atoms with Crippen molar-refractivity contribution in [2.45, 2.75) is 33.0 Å². The molecule has 1 fully saturated rings. The number of morpholine rings is 1. The summed E-state index contributed by atoms with van der Waals surface area (Å²) in [4.78, 5) is 29.8. The lowest BCUT2D eigenvalue weighted by atomic mass is 10.1. The van der Waals surface area contributed by atoms with E-state index in [1.165, 1.54) is 0 Å². The van der Waals surface area contributed by atoms with Gasteiger partial charge in [0.25, 0.3) is 11.8 Å². The molecule has 0 radical (unpaired) electrons. The predicted molar refractivity (Wildman–Crippen MR) is 150 cm³/mol. The topological polar surface area (TPSA) is 76.5 Å². The molecular weight excluding hydrogens is 496 g/mol. The Kier molecular flexibility index (Phi) is 7.53. The zero-order valence-electron chi connectivity index (χ0n) is 21.6. The molecule has 7 nitrogen and oxygen atoms in total. The molecule has 38 heavy (non-hydrogen) atoms. The Bertz CT molecular complexity index is 1430. The van der Waals surface area contributed by atoms with E-state index >= 15 is 0 Å². The molecule has 2 atom stereocenters. The Balaban J connectivity index is 1.57. The minimum Gasteiger partial charge on any atom is -0.372 e. The van der Waals surface area contributed by atoms with Crippen molar-refractivity contribution in [3.05, 3.63) is 101 Å². The lowest BCUT2D eigenvalue weighted by Gasteiger charge is -2.35. The number of ether oxygens (including phenoxy) is 1. The monoisotopic (exact) mass is 526 g/mol. The van der Waals surface area contributed by atoms with Crippen LogP contribution < -0.4 is 5.32 Å². The summed E-state index contributed by atoms with van der Waals surface area (Å²) in [5, 5.41) is 9.74. The smallest absolute Gasteiger partial charge is 0.270 e. The Morgan fingerprint density at radius 2 is 1.71 bits per heavy atom. The maximum Gasteiger partial charge on any atom is 0.270 e. The first-order valence-electron chi connectivity index (χ1n) is 12.6. The van der Waals surface area contributed by atoms with Crippen LogP contribution in [0, 0.1) is 6.92 Å². The van der Waals surface area contributed by atoms with E-state index in [9.17, 15) is 9.59 Å². The fourth-order valence-corrected chi connectivity index (χ4v) is 5.26. The van der Waals surface area contributed by atoms with Gasteiger partial charge in [0, 0.05) is 30.4 Å². The zero-order chi connectivity index (χ0) is 26.6. The van der Waals surface area contributed by atoms with Gasteiger partial charge in [0.15, 0.2) is 0 Å². The number of nitrogens with zero attached hydrogens (tertiary/aromatic N) is 3. The molecule has 1 saturated heterocycles. The number of aromatic nitrogens is 2. The number of thiophene rings is 1. The Morgan fingerprint density at radius 3 is 2.37 bits per heavy atom. The van der Waals surface area contributed by atoms with E-state index in [4.69, 9.17) is 9.84 Å². The lowest BCUT2D eigenvalue weighted by Crippen LogP contribution is -2.50. The van der Waals surface area contributed by atoms with E-state index in [1.54, 1.807) is 39.1 Å². The molecule has 1 N–H and O–H groups in total. The number of aryl methyl sites for hydroxylation is 1. The third-order valence-corrected chi connectivity index (χ3v) is 7.19. The van der Waals surface area contributed by atoms with Gasteiger partial charge < -0.3 is 15.0 Å². The van der Waals surface area contributed by atoms with E-state index in [1.807, 2.05) is 86.9 Å². The van der Waals surface area contributed by atoms with Crippen LogP contribution in [0.4, 0.5) is 0 Å². The van der Waals surface area contributed by atoms with Crippen LogP contribution in [0.2, 0.25) is 0 Å². The number of rotatable bonds is 6. The van der Waals surface area contributed by atoms with Crippen LogP contribution in [0.3, 0.4) is 0 Å². The molecule has 0 saturated carbocycles. The lowest BCUT2D eigenvalue weighted by molar-refractivity contribution is -0.139. The molecule has 2 aromatic carbocycles. The summed E-state index contributed by atoms with van der Waals surface area (Å²) in [5.74, 6) is -0.593. The van der Waals surface area contributed by atoms with Gasteiger partial charge in [-0.25, -0.2) is 4.68 Å². The maximum atomic E-state index is 13.9. The van der Waals surface area contributed by atoms with Crippen LogP contribution in [0.1, 0.15) is 35.3 Å². The quantitative estimate of drug-likeness (QED) is 0.345. The van der Waals surface area contributed by atoms with Gasteiger partial charge in [0.1, 0.15) is 11.4 Å². The SMILES string of the molecule is Cc1ccc(C(=O)N/C(=C\c2cn(-c3ccccc3)nc2-c2cccs2)C(=O)N2CC(C)OC(C)C2)cc1. The normalized spacial score (nSPS) is 17.9. The van der Waals surface area contributed by atoms with Gasteiger partial charge in [0.05, 0.1) is 22.8 Å². The summed E-state index contributed by atoms with van der Waals surface area (Å²) in [6.07, 6.45) is 3.43. The van der Waals surface area contributed by atoms with Crippen molar-refractivity contribution in [1.29, 1.82) is 0 Å². The van der Waals surface area contributed by atoms with Crippen molar-refractivity contribution >= 4 is 29.2 Å². The molecule has 0 spiro atoms. The zero-order valence-corrected chi connectivity index (χ0v) is 22.4. The van der Waals surface area contributed by atoms with Crippen LogP contribution in [0.15, 0.2) is 84.0 Å². The third kappa shape index (κ3) is 5.77. The Morgan fingerprint density at radius 1 is 1.00 bits per heavy atom. The first kappa shape index (κ1) is 25.6. The first-order valence-corrected chi connectivity index (χ1v) is 13.5. The fraction of sp³-hybridized carbons (Fsp3) is 0.233. The molecule has 4 aromatic rings. The Hall–Kier alpha value is -4.01. The molecule has 0 bridgehead atoms. The fourth-order valence-electron chi connectivity index (χ4n) is 4.53. The van der Waals surface area contributed by atoms with Crippen molar-refractivity contribution in [2.24, 2.45) is 0 Å². The molecule has 3 heterocycles. The van der Waals surface area contributed by atoms with Gasteiger partial charge in [-0.15, -0.1) is 11.3 Å². The molecule has 0 aliphatic carbocycles. The van der Waals surface area contributed by atoms with Crippen LogP contribution in [0.5, 0.6) is 0 Å². The molecule has 1 aliphatic heterocycles. The average molecular weight is 527 g/mol. The van der Waals surface area contributed by atoms with Crippen LogP contribution in [-0.4, -0.2) is 51.8 Å². The largest absolute Gasteiger partial charge is 0.372 e. The molecule has 2 amide bonds. The second-order valence-corrected chi connectivity index (χ2v) is 10.5. The van der Waals surface area contributed by atoms with E-state index in [2.05, 4.69) is 5.32 Å². The highest BCUT2D eigenvalue weighted by atomic mass is 32.1. The molecule has 194 valence electrons. The molecule has 2 aromatic heterocycles. The predicted octanol–water partition coefficient (Wildman–Crippen LogP) is 5.32. The molecule has 2 unspecified atom stereocenters. The first-order chi connectivity index (χ1) is 18.4. The number of hydrogen-bond donors (Lipinski definition) is 1. The number of para-hydroxylation sites is 1. The van der Waals surface area contributed by atoms with Gasteiger partial charge in [-0.1, -0.05) is 42.0 Å². The minimum absolute atomic E-state index is 0.0979. The van der Waals surface area contributed by atoms with Gasteiger partial charge in [-0.3, -0.25) is 9.59 Å². The summed E-state index contributed by atoms with van der Waals surface area (Å²) < 4.78 is 7.63. The summed E-state index contributed by atoms with van der Waals surface area (Å²) >= 11 is 1.57. The van der Waals surface area contributed by atoms with Crippen molar-refractivity contribution < 1.29 is 14.3 Å². The van der Waals surface area contributed by atoms with Gasteiger partial charge in [-0.05, 0) is 62.6 Å². The number of nitrogens with one attached hydrogen (secondary N) is 1. The molecule has 5 rings (SSSR count). The minimum atomic E-state index is -0.341. The number of carbonyl (C=O) groups excluding carboxylic acids is 2. The highest BCUT2D eigenvalue weighted by Gasteiger charge is 2.29.